The number of nitrogens with one attached hydrogen (secondary N) is 1. The molecule has 2 unspecified atom stereocenters. The average molecular weight is 348 g/mol. The normalized spacial score (nSPS) is 12.5. The van der Waals surface area contributed by atoms with Crippen molar-refractivity contribution in [2.24, 2.45) is 5.73 Å². The fourth-order valence-corrected chi connectivity index (χ4v) is 1.90. The molecule has 0 heterocycles. The third-order valence-electron chi connectivity index (χ3n) is 3.20. The van der Waals surface area contributed by atoms with E-state index in [-0.39, 0.29) is 6.42 Å². The van der Waals surface area contributed by atoms with Crippen LogP contribution in [0.1, 0.15) is 12.0 Å². The highest BCUT2D eigenvalue weighted by molar-refractivity contribution is 5.93. The second kappa shape index (κ2) is 9.99. The predicted molar refractivity (Wildman–Crippen MR) is 88.5 cm³/mol. The molecule has 0 saturated carbocycles. The van der Waals surface area contributed by atoms with Crippen LogP contribution in [-0.2, 0) is 30.3 Å². The maximum Gasteiger partial charge on any atom is 0.329 e. The summed E-state index contributed by atoms with van der Waals surface area (Å²) in [6.07, 6.45) is 0.544. The Kier molecular flexibility index (Phi) is 8.01. The molecule has 0 aromatic heterocycles. The Morgan fingerprint density at radius 2 is 1.88 bits per heavy atom. The van der Waals surface area contributed by atoms with Gasteiger partial charge in [0.2, 0.25) is 5.91 Å². The molecule has 0 fully saturated rings. The minimum atomic E-state index is -1.31. The van der Waals surface area contributed by atoms with E-state index in [2.05, 4.69) is 11.9 Å². The number of amides is 1. The van der Waals surface area contributed by atoms with E-state index in [4.69, 9.17) is 15.6 Å². The van der Waals surface area contributed by atoms with Gasteiger partial charge in [-0.3, -0.25) is 14.4 Å². The minimum Gasteiger partial charge on any atom is -0.481 e. The molecule has 8 nitrogen and oxygen atoms in total. The van der Waals surface area contributed by atoms with Crippen molar-refractivity contribution in [3.8, 4) is 0 Å². The standard InChI is InChI=1S/C17H20N2O6/c1-2-12(20)10-25-17(24)14(8-11-6-4-3-5-7-11)19-16(23)13(18)9-15(21)22/h2-7,13-14H,1,8-10,18H2,(H,19,23)(H,21,22). The topological polar surface area (TPSA) is 136 Å². The molecule has 1 rings (SSSR count). The van der Waals surface area contributed by atoms with Crippen molar-refractivity contribution in [1.82, 2.24) is 5.32 Å². The molecular weight excluding hydrogens is 328 g/mol. The van der Waals surface area contributed by atoms with Crippen LogP contribution >= 0.6 is 0 Å². The molecule has 1 amide bonds. The maximum atomic E-state index is 12.2. The van der Waals surface area contributed by atoms with Crippen molar-refractivity contribution in [1.29, 1.82) is 0 Å². The number of esters is 1. The Morgan fingerprint density at radius 1 is 1.24 bits per heavy atom. The fraction of sp³-hybridized carbons (Fsp3) is 0.294. The van der Waals surface area contributed by atoms with Crippen LogP contribution in [0.15, 0.2) is 43.0 Å². The van der Waals surface area contributed by atoms with Gasteiger partial charge in [-0.25, -0.2) is 4.79 Å². The van der Waals surface area contributed by atoms with Gasteiger partial charge in [-0.15, -0.1) is 0 Å². The lowest BCUT2D eigenvalue weighted by atomic mass is 10.1. The van der Waals surface area contributed by atoms with Crippen molar-refractivity contribution in [2.75, 3.05) is 6.61 Å². The Labute approximate surface area is 144 Å². The lowest BCUT2D eigenvalue weighted by molar-refractivity contribution is -0.150. The van der Waals surface area contributed by atoms with Gasteiger partial charge in [-0.1, -0.05) is 36.9 Å². The molecule has 0 spiro atoms. The van der Waals surface area contributed by atoms with Crippen molar-refractivity contribution >= 4 is 23.6 Å². The highest BCUT2D eigenvalue weighted by Gasteiger charge is 2.26. The highest BCUT2D eigenvalue weighted by atomic mass is 16.5. The summed E-state index contributed by atoms with van der Waals surface area (Å²) in [6.45, 7) is 2.77. The van der Waals surface area contributed by atoms with Gasteiger partial charge in [-0.05, 0) is 11.6 Å². The predicted octanol–water partition coefficient (Wildman–Crippen LogP) is -0.186. The van der Waals surface area contributed by atoms with Gasteiger partial charge in [0.25, 0.3) is 0 Å². The molecule has 134 valence electrons. The summed E-state index contributed by atoms with van der Waals surface area (Å²) in [4.78, 5) is 46.0. The van der Waals surface area contributed by atoms with Gasteiger partial charge in [0.15, 0.2) is 12.4 Å². The molecule has 0 saturated heterocycles. The third kappa shape index (κ3) is 7.40. The largest absolute Gasteiger partial charge is 0.481 e. The number of carboxylic acids is 1. The molecular formula is C17H20N2O6. The number of aliphatic carboxylic acids is 1. The first kappa shape index (κ1) is 20.0. The van der Waals surface area contributed by atoms with E-state index in [9.17, 15) is 19.2 Å². The van der Waals surface area contributed by atoms with Crippen LogP contribution in [0.3, 0.4) is 0 Å². The zero-order valence-electron chi connectivity index (χ0n) is 13.5. The molecule has 0 aliphatic carbocycles. The monoisotopic (exact) mass is 348 g/mol. The van der Waals surface area contributed by atoms with E-state index in [1.165, 1.54) is 0 Å². The van der Waals surface area contributed by atoms with E-state index in [1.807, 2.05) is 0 Å². The SMILES string of the molecule is C=CC(=O)COC(=O)C(Cc1ccccc1)NC(=O)C(N)CC(=O)O. The zero-order chi connectivity index (χ0) is 18.8. The Bertz CT molecular complexity index is 644. The Balaban J connectivity index is 2.81. The molecule has 4 N–H and O–H groups in total. The maximum absolute atomic E-state index is 12.2. The molecule has 0 bridgehead atoms. The lowest BCUT2D eigenvalue weighted by Gasteiger charge is -2.19. The number of carbonyl (C=O) groups excluding carboxylic acids is 3. The second-order valence-corrected chi connectivity index (χ2v) is 5.23. The molecule has 1 aromatic carbocycles. The Morgan fingerprint density at radius 3 is 2.44 bits per heavy atom. The summed E-state index contributed by atoms with van der Waals surface area (Å²) in [5.74, 6) is -3.34. The zero-order valence-corrected chi connectivity index (χ0v) is 13.5. The van der Waals surface area contributed by atoms with Crippen molar-refractivity contribution in [3.63, 3.8) is 0 Å². The molecule has 1 aromatic rings. The van der Waals surface area contributed by atoms with Gasteiger partial charge in [0.05, 0.1) is 12.5 Å². The van der Waals surface area contributed by atoms with E-state index >= 15 is 0 Å². The van der Waals surface area contributed by atoms with Crippen LogP contribution in [-0.4, -0.2) is 47.4 Å². The number of nitrogens with two attached hydrogens (primary N) is 1. The first-order chi connectivity index (χ1) is 11.8. The quantitative estimate of drug-likeness (QED) is 0.394. The molecule has 8 heteroatoms. The van der Waals surface area contributed by atoms with Gasteiger partial charge in [0.1, 0.15) is 6.04 Å². The highest BCUT2D eigenvalue weighted by Crippen LogP contribution is 2.06. The summed E-state index contributed by atoms with van der Waals surface area (Å²) in [5, 5.41) is 11.1. The number of carbonyl (C=O) groups is 4. The smallest absolute Gasteiger partial charge is 0.329 e. The minimum absolute atomic E-state index is 0.105. The van der Waals surface area contributed by atoms with E-state index in [0.29, 0.717) is 0 Å². The first-order valence-electron chi connectivity index (χ1n) is 7.47. The summed E-state index contributed by atoms with van der Waals surface area (Å²) < 4.78 is 4.86. The fourth-order valence-electron chi connectivity index (χ4n) is 1.90. The molecule has 25 heavy (non-hydrogen) atoms. The number of rotatable bonds is 10. The van der Waals surface area contributed by atoms with Crippen molar-refractivity contribution < 1.29 is 29.0 Å². The number of ether oxygens (including phenoxy) is 1. The van der Waals surface area contributed by atoms with Gasteiger partial charge >= 0.3 is 11.9 Å². The number of carboxylic acid groups (broad SMARTS) is 1. The van der Waals surface area contributed by atoms with E-state index in [0.717, 1.165) is 11.6 Å². The summed E-state index contributed by atoms with van der Waals surface area (Å²) >= 11 is 0. The number of hydrogen-bond donors (Lipinski definition) is 3. The van der Waals surface area contributed by atoms with E-state index < -0.39 is 48.7 Å². The summed E-state index contributed by atoms with van der Waals surface area (Å²) in [6, 6.07) is 6.40. The van der Waals surface area contributed by atoms with Crippen LogP contribution in [0.25, 0.3) is 0 Å². The first-order valence-corrected chi connectivity index (χ1v) is 7.47. The van der Waals surface area contributed by atoms with E-state index in [1.54, 1.807) is 30.3 Å². The van der Waals surface area contributed by atoms with Gasteiger partial charge in [0, 0.05) is 6.42 Å². The van der Waals surface area contributed by atoms with Crippen LogP contribution in [0.4, 0.5) is 0 Å². The second-order valence-electron chi connectivity index (χ2n) is 5.23. The van der Waals surface area contributed by atoms with Crippen LogP contribution < -0.4 is 11.1 Å². The van der Waals surface area contributed by atoms with Crippen LogP contribution in [0.2, 0.25) is 0 Å². The van der Waals surface area contributed by atoms with Gasteiger partial charge in [-0.2, -0.15) is 0 Å². The number of benzene rings is 1. The third-order valence-corrected chi connectivity index (χ3v) is 3.20. The molecule has 2 atom stereocenters. The van der Waals surface area contributed by atoms with Crippen molar-refractivity contribution in [2.45, 2.75) is 24.9 Å². The lowest BCUT2D eigenvalue weighted by Crippen LogP contribution is -2.50. The van der Waals surface area contributed by atoms with Crippen LogP contribution in [0.5, 0.6) is 0 Å². The summed E-state index contributed by atoms with van der Waals surface area (Å²) in [5.41, 5.74) is 6.23. The van der Waals surface area contributed by atoms with Crippen LogP contribution in [0, 0.1) is 0 Å². The van der Waals surface area contributed by atoms with Gasteiger partial charge < -0.3 is 20.9 Å². The number of ketones is 1. The number of hydrogen-bond acceptors (Lipinski definition) is 6. The molecule has 0 aliphatic heterocycles. The summed E-state index contributed by atoms with van der Waals surface area (Å²) in [7, 11) is 0. The Hall–Kier alpha value is -3.00. The molecule has 0 radical (unpaired) electrons. The molecule has 0 aliphatic rings. The van der Waals surface area contributed by atoms with Crippen molar-refractivity contribution in [3.05, 3.63) is 48.6 Å². The average Bonchev–Trinajstić information content (AvgIpc) is 2.58.